The number of carbonyl (C=O) groups is 1. The quantitative estimate of drug-likeness (QED) is 0.799. The molecule has 0 heterocycles. The zero-order chi connectivity index (χ0) is 19.1. The van der Waals surface area contributed by atoms with Gasteiger partial charge in [-0.05, 0) is 56.3 Å². The lowest BCUT2D eigenvalue weighted by atomic mass is 10.1. The van der Waals surface area contributed by atoms with Crippen molar-refractivity contribution in [2.24, 2.45) is 0 Å². The molecule has 0 saturated heterocycles. The highest BCUT2D eigenvalue weighted by molar-refractivity contribution is 5.93. The molecule has 2 aromatic rings. The number of hydrogen-bond donors (Lipinski definition) is 2. The molecule has 0 aromatic heterocycles. The minimum atomic E-state index is -0.407. The third kappa shape index (κ3) is 4.80. The van der Waals surface area contributed by atoms with Gasteiger partial charge in [-0.25, -0.2) is 4.39 Å². The molecule has 136 valence electrons. The Hall–Kier alpha value is -2.91. The number of benzene rings is 2. The largest absolute Gasteiger partial charge is 0.494 e. The maximum atomic E-state index is 13.9. The van der Waals surface area contributed by atoms with Crippen molar-refractivity contribution in [3.63, 3.8) is 0 Å². The Morgan fingerprint density at radius 1 is 1.31 bits per heavy atom. The van der Waals surface area contributed by atoms with Gasteiger partial charge in [0.2, 0.25) is 0 Å². The molecule has 0 spiro atoms. The number of carbonyl (C=O) groups excluding carboxylic acids is 1. The average Bonchev–Trinajstić information content (AvgIpc) is 2.66. The number of quaternary nitrogens is 1. The van der Waals surface area contributed by atoms with E-state index in [1.807, 2.05) is 26.0 Å². The standard InChI is InChI=1S/C20H22FN3O2/c1-4-24(13-16-7-10-19(26-3)18(21)11-16)14(2)20(25)23-17-8-5-15(12-22)6-9-17/h5-11,14H,4,13H2,1-3H3,(H,23,25)/p+1/t14-/m1/s1. The first-order valence-electron chi connectivity index (χ1n) is 8.46. The predicted octanol–water partition coefficient (Wildman–Crippen LogP) is 2.14. The van der Waals surface area contributed by atoms with Crippen LogP contribution in [0.15, 0.2) is 42.5 Å². The van der Waals surface area contributed by atoms with Crippen molar-refractivity contribution < 1.29 is 18.8 Å². The van der Waals surface area contributed by atoms with E-state index in [2.05, 4.69) is 5.32 Å². The molecule has 2 N–H and O–H groups in total. The Balaban J connectivity index is 2.04. The Kier molecular flexibility index (Phi) is 6.70. The summed E-state index contributed by atoms with van der Waals surface area (Å²) in [5, 5.41) is 11.7. The van der Waals surface area contributed by atoms with E-state index in [1.165, 1.54) is 13.2 Å². The molecule has 6 heteroatoms. The van der Waals surface area contributed by atoms with Crippen molar-refractivity contribution in [2.75, 3.05) is 19.0 Å². The van der Waals surface area contributed by atoms with Crippen LogP contribution in [0.4, 0.5) is 10.1 Å². The number of hydrogen-bond acceptors (Lipinski definition) is 3. The van der Waals surface area contributed by atoms with Crippen molar-refractivity contribution in [3.8, 4) is 11.8 Å². The summed E-state index contributed by atoms with van der Waals surface area (Å²) in [6, 6.07) is 13.3. The monoisotopic (exact) mass is 356 g/mol. The molecule has 0 aliphatic carbocycles. The summed E-state index contributed by atoms with van der Waals surface area (Å²) in [5.74, 6) is -0.325. The van der Waals surface area contributed by atoms with Gasteiger partial charge in [0.15, 0.2) is 17.6 Å². The van der Waals surface area contributed by atoms with Crippen LogP contribution in [0.25, 0.3) is 0 Å². The van der Waals surface area contributed by atoms with E-state index < -0.39 is 5.82 Å². The lowest BCUT2D eigenvalue weighted by molar-refractivity contribution is -0.925. The number of nitrogens with zero attached hydrogens (tertiary/aromatic N) is 1. The number of anilines is 1. The lowest BCUT2D eigenvalue weighted by Crippen LogP contribution is -3.15. The van der Waals surface area contributed by atoms with Crippen LogP contribution in [0.2, 0.25) is 0 Å². The van der Waals surface area contributed by atoms with E-state index in [9.17, 15) is 9.18 Å². The van der Waals surface area contributed by atoms with Gasteiger partial charge in [0, 0.05) is 11.3 Å². The van der Waals surface area contributed by atoms with E-state index in [0.29, 0.717) is 17.8 Å². The minimum absolute atomic E-state index is 0.124. The van der Waals surface area contributed by atoms with Crippen molar-refractivity contribution in [1.82, 2.24) is 0 Å². The highest BCUT2D eigenvalue weighted by Gasteiger charge is 2.24. The molecule has 5 nitrogen and oxygen atoms in total. The second-order valence-electron chi connectivity index (χ2n) is 6.06. The highest BCUT2D eigenvalue weighted by atomic mass is 19.1. The Morgan fingerprint density at radius 2 is 2.00 bits per heavy atom. The molecule has 2 aromatic carbocycles. The van der Waals surface area contributed by atoms with Gasteiger partial charge in [-0.3, -0.25) is 4.79 Å². The number of nitrogens with one attached hydrogen (secondary N) is 2. The van der Waals surface area contributed by atoms with E-state index in [0.717, 1.165) is 17.0 Å². The van der Waals surface area contributed by atoms with Crippen molar-refractivity contribution >= 4 is 11.6 Å². The summed E-state index contributed by atoms with van der Waals surface area (Å²) in [4.78, 5) is 13.5. The molecule has 0 radical (unpaired) electrons. The van der Waals surface area contributed by atoms with Gasteiger partial charge in [-0.15, -0.1) is 0 Å². The number of rotatable bonds is 7. The first-order chi connectivity index (χ1) is 12.5. The number of likely N-dealkylation sites (N-methyl/N-ethyl adjacent to an activating group) is 1. The van der Waals surface area contributed by atoms with Crippen molar-refractivity contribution in [1.29, 1.82) is 5.26 Å². The zero-order valence-corrected chi connectivity index (χ0v) is 15.2. The SMILES string of the molecule is CC[NH+](Cc1ccc(OC)c(F)c1)[C@H](C)C(=O)Nc1ccc(C#N)cc1. The number of methoxy groups -OCH3 is 1. The first-order valence-corrected chi connectivity index (χ1v) is 8.46. The molecule has 0 aliphatic heterocycles. The fourth-order valence-corrected chi connectivity index (χ4v) is 2.73. The average molecular weight is 356 g/mol. The summed E-state index contributed by atoms with van der Waals surface area (Å²) in [7, 11) is 1.43. The van der Waals surface area contributed by atoms with Crippen LogP contribution >= 0.6 is 0 Å². The Morgan fingerprint density at radius 3 is 2.54 bits per heavy atom. The van der Waals surface area contributed by atoms with Gasteiger partial charge in [-0.1, -0.05) is 0 Å². The summed E-state index contributed by atoms with van der Waals surface area (Å²) >= 11 is 0. The van der Waals surface area contributed by atoms with Crippen LogP contribution < -0.4 is 15.0 Å². The van der Waals surface area contributed by atoms with Crippen LogP contribution in [0.5, 0.6) is 5.75 Å². The fourth-order valence-electron chi connectivity index (χ4n) is 2.73. The second-order valence-corrected chi connectivity index (χ2v) is 6.06. The molecule has 2 rings (SSSR count). The third-order valence-electron chi connectivity index (χ3n) is 4.39. The molecular weight excluding hydrogens is 333 g/mol. The maximum Gasteiger partial charge on any atom is 0.282 e. The third-order valence-corrected chi connectivity index (χ3v) is 4.39. The molecule has 1 unspecified atom stereocenters. The highest BCUT2D eigenvalue weighted by Crippen LogP contribution is 2.17. The van der Waals surface area contributed by atoms with Crippen LogP contribution in [0, 0.1) is 17.1 Å². The second kappa shape index (κ2) is 8.97. The smallest absolute Gasteiger partial charge is 0.282 e. The number of nitriles is 1. The van der Waals surface area contributed by atoms with E-state index in [-0.39, 0.29) is 17.7 Å². The summed E-state index contributed by atoms with van der Waals surface area (Å²) in [6.07, 6.45) is 0. The molecule has 1 amide bonds. The first kappa shape index (κ1) is 19.4. The van der Waals surface area contributed by atoms with Crippen LogP contribution in [-0.4, -0.2) is 25.6 Å². The van der Waals surface area contributed by atoms with Gasteiger partial charge in [0.05, 0.1) is 25.3 Å². The van der Waals surface area contributed by atoms with Crippen molar-refractivity contribution in [3.05, 3.63) is 59.4 Å². The molecule has 0 bridgehead atoms. The Bertz CT molecular complexity index is 800. The van der Waals surface area contributed by atoms with Gasteiger partial charge in [0.1, 0.15) is 6.54 Å². The van der Waals surface area contributed by atoms with E-state index >= 15 is 0 Å². The number of ether oxygens (including phenoxy) is 1. The van der Waals surface area contributed by atoms with E-state index in [4.69, 9.17) is 10.00 Å². The molecule has 2 atom stereocenters. The molecule has 26 heavy (non-hydrogen) atoms. The topological polar surface area (TPSA) is 66.6 Å². The maximum absolute atomic E-state index is 13.9. The van der Waals surface area contributed by atoms with Crippen molar-refractivity contribution in [2.45, 2.75) is 26.4 Å². The summed E-state index contributed by atoms with van der Waals surface area (Å²) in [5.41, 5.74) is 1.99. The van der Waals surface area contributed by atoms with Gasteiger partial charge in [0.25, 0.3) is 5.91 Å². The van der Waals surface area contributed by atoms with Gasteiger partial charge < -0.3 is 15.0 Å². The molecule has 0 aliphatic rings. The van der Waals surface area contributed by atoms with Crippen LogP contribution in [-0.2, 0) is 11.3 Å². The molecule has 0 saturated carbocycles. The fraction of sp³-hybridized carbons (Fsp3) is 0.300. The lowest BCUT2D eigenvalue weighted by Gasteiger charge is -2.24. The summed E-state index contributed by atoms with van der Waals surface area (Å²) < 4.78 is 18.8. The van der Waals surface area contributed by atoms with E-state index in [1.54, 1.807) is 30.3 Å². The predicted molar refractivity (Wildman–Crippen MR) is 97.4 cm³/mol. The Labute approximate surface area is 153 Å². The minimum Gasteiger partial charge on any atom is -0.494 e. The van der Waals surface area contributed by atoms with Gasteiger partial charge in [-0.2, -0.15) is 5.26 Å². The zero-order valence-electron chi connectivity index (χ0n) is 15.2. The number of amides is 1. The van der Waals surface area contributed by atoms with Crippen LogP contribution in [0.1, 0.15) is 25.0 Å². The normalized spacial score (nSPS) is 12.7. The van der Waals surface area contributed by atoms with Crippen LogP contribution in [0.3, 0.4) is 0 Å². The summed E-state index contributed by atoms with van der Waals surface area (Å²) in [6.45, 7) is 5.08. The van der Waals surface area contributed by atoms with Gasteiger partial charge >= 0.3 is 0 Å². The molecular formula is C20H23FN3O2+. The molecule has 0 fully saturated rings. The number of halogens is 1.